The molecular weight excluding hydrogens is 332 g/mol. The van der Waals surface area contributed by atoms with Crippen molar-refractivity contribution >= 4 is 27.0 Å². The van der Waals surface area contributed by atoms with Gasteiger partial charge in [0.1, 0.15) is 11.7 Å². The van der Waals surface area contributed by atoms with Crippen molar-refractivity contribution in [2.75, 3.05) is 6.61 Å². The van der Waals surface area contributed by atoms with Crippen molar-refractivity contribution in [1.82, 2.24) is 19.7 Å². The molecule has 4 rings (SSSR count). The van der Waals surface area contributed by atoms with Gasteiger partial charge < -0.3 is 9.72 Å². The number of rotatable bonds is 2. The summed E-state index contributed by atoms with van der Waals surface area (Å²) >= 11 is 3.53. The largest absolute Gasteiger partial charge is 0.357 e. The molecule has 0 bridgehead atoms. The van der Waals surface area contributed by atoms with Crippen LogP contribution < -0.4 is 0 Å². The number of fused-ring (bicyclic) bond motifs is 1. The fourth-order valence-corrected chi connectivity index (χ4v) is 3.24. The molecule has 2 aromatic heterocycles. The smallest absolute Gasteiger partial charge is 0.150 e. The van der Waals surface area contributed by atoms with Gasteiger partial charge in [0, 0.05) is 28.4 Å². The van der Waals surface area contributed by atoms with Gasteiger partial charge in [0.05, 0.1) is 18.0 Å². The first kappa shape index (κ1) is 13.0. The lowest BCUT2D eigenvalue weighted by Crippen LogP contribution is -2.18. The van der Waals surface area contributed by atoms with Crippen LogP contribution in [0.5, 0.6) is 0 Å². The highest BCUT2D eigenvalue weighted by Crippen LogP contribution is 2.32. The number of halogens is 1. The second-order valence-corrected chi connectivity index (χ2v) is 6.11. The lowest BCUT2D eigenvalue weighted by Gasteiger charge is -2.22. The summed E-state index contributed by atoms with van der Waals surface area (Å²) in [5, 5.41) is 4.48. The summed E-state index contributed by atoms with van der Waals surface area (Å²) in [6.45, 7) is 0.822. The zero-order chi connectivity index (χ0) is 14.2. The van der Waals surface area contributed by atoms with Crippen LogP contribution in [-0.2, 0) is 4.74 Å². The predicted octanol–water partition coefficient (Wildman–Crippen LogP) is 3.89. The van der Waals surface area contributed by atoms with Gasteiger partial charge in [-0.3, -0.25) is 0 Å². The molecule has 3 aromatic rings. The topological polar surface area (TPSA) is 55.7 Å². The molecule has 0 amide bonds. The molecule has 0 aliphatic carbocycles. The third kappa shape index (κ3) is 2.28. The number of aromatic amines is 1. The molecule has 1 atom stereocenters. The first-order valence-corrected chi connectivity index (χ1v) is 7.90. The minimum atomic E-state index is 0.0696. The first-order valence-electron chi connectivity index (χ1n) is 7.10. The molecule has 1 aliphatic heterocycles. The molecule has 0 radical (unpaired) electrons. The zero-order valence-electron chi connectivity index (χ0n) is 11.4. The third-order valence-corrected chi connectivity index (χ3v) is 4.53. The number of aromatic nitrogens is 4. The van der Waals surface area contributed by atoms with Crippen LogP contribution in [0.1, 0.15) is 25.5 Å². The molecule has 108 valence electrons. The van der Waals surface area contributed by atoms with Gasteiger partial charge in [-0.1, -0.05) is 6.07 Å². The van der Waals surface area contributed by atoms with Crippen molar-refractivity contribution in [3.63, 3.8) is 0 Å². The van der Waals surface area contributed by atoms with E-state index < -0.39 is 0 Å². The minimum absolute atomic E-state index is 0.0696. The zero-order valence-corrected chi connectivity index (χ0v) is 13.0. The van der Waals surface area contributed by atoms with E-state index in [9.17, 15) is 0 Å². The van der Waals surface area contributed by atoms with Gasteiger partial charge in [-0.05, 0) is 41.3 Å². The van der Waals surface area contributed by atoms with Crippen LogP contribution in [0.4, 0.5) is 0 Å². The van der Waals surface area contributed by atoms with E-state index in [0.29, 0.717) is 0 Å². The number of hydrogen-bond acceptors (Lipinski definition) is 3. The molecule has 1 aliphatic rings. The van der Waals surface area contributed by atoms with Gasteiger partial charge in [-0.25, -0.2) is 9.67 Å². The molecule has 6 heteroatoms. The summed E-state index contributed by atoms with van der Waals surface area (Å²) in [6, 6.07) is 4.10. The Bertz CT molecular complexity index is 773. The van der Waals surface area contributed by atoms with Crippen LogP contribution in [0.3, 0.4) is 0 Å². The molecule has 1 aromatic carbocycles. The maximum atomic E-state index is 5.78. The Morgan fingerprint density at radius 1 is 1.33 bits per heavy atom. The standard InChI is InChI=1S/C15H15BrN4O/c16-12-5-4-11(14-15(12)18-9-17-14)10-7-19-20(8-10)13-3-1-2-6-21-13/h4-5,7-9,13H,1-3,6H2,(H,17,18). The molecule has 0 spiro atoms. The molecule has 5 nitrogen and oxygen atoms in total. The quantitative estimate of drug-likeness (QED) is 0.765. The average molecular weight is 347 g/mol. The summed E-state index contributed by atoms with van der Waals surface area (Å²) in [6.07, 6.45) is 9.10. The van der Waals surface area contributed by atoms with Crippen molar-refractivity contribution in [2.24, 2.45) is 0 Å². The van der Waals surface area contributed by atoms with E-state index in [4.69, 9.17) is 4.74 Å². The van der Waals surface area contributed by atoms with E-state index in [2.05, 4.69) is 43.3 Å². The molecule has 3 heterocycles. The normalized spacial score (nSPS) is 19.2. The van der Waals surface area contributed by atoms with Crippen molar-refractivity contribution in [3.05, 3.63) is 35.3 Å². The van der Waals surface area contributed by atoms with Gasteiger partial charge in [0.2, 0.25) is 0 Å². The lowest BCUT2D eigenvalue weighted by molar-refractivity contribution is -0.0394. The van der Waals surface area contributed by atoms with Gasteiger partial charge in [-0.2, -0.15) is 5.10 Å². The molecule has 1 N–H and O–H groups in total. The van der Waals surface area contributed by atoms with E-state index in [1.54, 1.807) is 6.33 Å². The summed E-state index contributed by atoms with van der Waals surface area (Å²) in [7, 11) is 0. The maximum absolute atomic E-state index is 5.78. The predicted molar refractivity (Wildman–Crippen MR) is 83.9 cm³/mol. The van der Waals surface area contributed by atoms with Gasteiger partial charge in [0.25, 0.3) is 0 Å². The number of imidazole rings is 1. The number of ether oxygens (including phenoxy) is 1. The number of benzene rings is 1. The lowest BCUT2D eigenvalue weighted by atomic mass is 10.1. The second kappa shape index (κ2) is 5.27. The van der Waals surface area contributed by atoms with Crippen molar-refractivity contribution in [3.8, 4) is 11.1 Å². The van der Waals surface area contributed by atoms with Crippen LogP contribution >= 0.6 is 15.9 Å². The Morgan fingerprint density at radius 3 is 3.14 bits per heavy atom. The average Bonchev–Trinajstić information content (AvgIpc) is 3.18. The van der Waals surface area contributed by atoms with E-state index in [1.807, 2.05) is 16.9 Å². The van der Waals surface area contributed by atoms with Crippen molar-refractivity contribution < 1.29 is 4.74 Å². The van der Waals surface area contributed by atoms with Crippen LogP contribution in [0.25, 0.3) is 22.2 Å². The Balaban J connectivity index is 1.74. The Morgan fingerprint density at radius 2 is 2.29 bits per heavy atom. The summed E-state index contributed by atoms with van der Waals surface area (Å²) < 4.78 is 8.70. The second-order valence-electron chi connectivity index (χ2n) is 5.25. The van der Waals surface area contributed by atoms with Crippen LogP contribution in [0, 0.1) is 0 Å². The van der Waals surface area contributed by atoms with Gasteiger partial charge in [0.15, 0.2) is 0 Å². The Labute approximate surface area is 130 Å². The van der Waals surface area contributed by atoms with Crippen molar-refractivity contribution in [2.45, 2.75) is 25.5 Å². The van der Waals surface area contributed by atoms with Crippen LogP contribution in [0.2, 0.25) is 0 Å². The van der Waals surface area contributed by atoms with Crippen LogP contribution in [0.15, 0.2) is 35.3 Å². The molecule has 1 saturated heterocycles. The molecule has 21 heavy (non-hydrogen) atoms. The third-order valence-electron chi connectivity index (χ3n) is 3.89. The fraction of sp³-hybridized carbons (Fsp3) is 0.333. The van der Waals surface area contributed by atoms with E-state index >= 15 is 0 Å². The highest BCUT2D eigenvalue weighted by molar-refractivity contribution is 9.10. The minimum Gasteiger partial charge on any atom is -0.357 e. The Hall–Kier alpha value is -1.66. The first-order chi connectivity index (χ1) is 10.3. The van der Waals surface area contributed by atoms with Crippen molar-refractivity contribution in [1.29, 1.82) is 0 Å². The molecular formula is C15H15BrN4O. The summed E-state index contributed by atoms with van der Waals surface area (Å²) in [5.74, 6) is 0. The van der Waals surface area contributed by atoms with Gasteiger partial charge >= 0.3 is 0 Å². The van der Waals surface area contributed by atoms with E-state index in [0.717, 1.165) is 46.1 Å². The SMILES string of the molecule is Brc1ccc(-c2cnn(C3CCCCO3)c2)c2[nH]cnc12. The number of hydrogen-bond donors (Lipinski definition) is 1. The highest BCUT2D eigenvalue weighted by atomic mass is 79.9. The number of nitrogens with one attached hydrogen (secondary N) is 1. The molecule has 0 saturated carbocycles. The maximum Gasteiger partial charge on any atom is 0.150 e. The highest BCUT2D eigenvalue weighted by Gasteiger charge is 2.17. The van der Waals surface area contributed by atoms with E-state index in [-0.39, 0.29) is 6.23 Å². The molecule has 1 unspecified atom stereocenters. The monoisotopic (exact) mass is 346 g/mol. The van der Waals surface area contributed by atoms with Gasteiger partial charge in [-0.15, -0.1) is 0 Å². The summed E-state index contributed by atoms with van der Waals surface area (Å²) in [5.41, 5.74) is 4.14. The summed E-state index contributed by atoms with van der Waals surface area (Å²) in [4.78, 5) is 7.55. The van der Waals surface area contributed by atoms with Crippen LogP contribution in [-0.4, -0.2) is 26.4 Å². The number of H-pyrrole nitrogens is 1. The van der Waals surface area contributed by atoms with E-state index in [1.165, 1.54) is 6.42 Å². The number of nitrogens with zero attached hydrogens (tertiary/aromatic N) is 3. The Kier molecular flexibility index (Phi) is 3.27. The molecule has 1 fully saturated rings. The fourth-order valence-electron chi connectivity index (χ4n) is 2.81.